The maximum atomic E-state index is 12.1. The van der Waals surface area contributed by atoms with Gasteiger partial charge >= 0.3 is 0 Å². The molecule has 6 nitrogen and oxygen atoms in total. The molecule has 0 aromatic carbocycles. The van der Waals surface area contributed by atoms with Gasteiger partial charge in [0.15, 0.2) is 5.82 Å². The number of nitrogens with one attached hydrogen (secondary N) is 2. The zero-order valence-electron chi connectivity index (χ0n) is 10.7. The molecule has 0 spiro atoms. The van der Waals surface area contributed by atoms with E-state index in [-0.39, 0.29) is 23.1 Å². The molecule has 2 amide bonds. The lowest BCUT2D eigenvalue weighted by Gasteiger charge is -2.29. The summed E-state index contributed by atoms with van der Waals surface area (Å²) in [6.07, 6.45) is 1.37. The van der Waals surface area contributed by atoms with Gasteiger partial charge in [-0.15, -0.1) is 0 Å². The van der Waals surface area contributed by atoms with E-state index in [1.54, 1.807) is 0 Å². The second-order valence-corrected chi connectivity index (χ2v) is 5.57. The zero-order chi connectivity index (χ0) is 13.3. The Kier molecular flexibility index (Phi) is 3.11. The number of nitrogens with zero attached hydrogens (tertiary/aromatic N) is 1. The number of aromatic nitrogens is 1. The topological polar surface area (TPSA) is 84.2 Å². The monoisotopic (exact) mass is 251 g/mol. The van der Waals surface area contributed by atoms with Crippen molar-refractivity contribution in [1.82, 2.24) is 10.5 Å². The van der Waals surface area contributed by atoms with Gasteiger partial charge in [-0.1, -0.05) is 25.9 Å². The van der Waals surface area contributed by atoms with E-state index in [0.717, 1.165) is 0 Å². The molecule has 2 rings (SSSR count). The van der Waals surface area contributed by atoms with E-state index in [4.69, 9.17) is 0 Å². The van der Waals surface area contributed by atoms with Gasteiger partial charge in [0.2, 0.25) is 11.8 Å². The van der Waals surface area contributed by atoms with Gasteiger partial charge in [0.05, 0.1) is 0 Å². The molecular formula is C12H17N3O3. The molecule has 6 heteroatoms. The Bertz CT molecular complexity index is 448. The summed E-state index contributed by atoms with van der Waals surface area (Å²) in [4.78, 5) is 23.9. The van der Waals surface area contributed by atoms with Crippen LogP contribution in [-0.4, -0.2) is 23.5 Å². The Hall–Kier alpha value is -1.85. The largest absolute Gasteiger partial charge is 0.363 e. The second kappa shape index (κ2) is 4.44. The molecule has 2 atom stereocenters. The lowest BCUT2D eigenvalue weighted by atomic mass is 9.74. The lowest BCUT2D eigenvalue weighted by Crippen LogP contribution is -2.37. The fraction of sp³-hybridized carbons (Fsp3) is 0.583. The van der Waals surface area contributed by atoms with Crippen LogP contribution in [0.2, 0.25) is 0 Å². The Labute approximate surface area is 105 Å². The summed E-state index contributed by atoms with van der Waals surface area (Å²) < 4.78 is 4.63. The first kappa shape index (κ1) is 12.6. The molecule has 0 radical (unpaired) electrons. The highest BCUT2D eigenvalue weighted by atomic mass is 16.5. The maximum Gasteiger partial charge on any atom is 0.238 e. The van der Waals surface area contributed by atoms with Crippen LogP contribution in [0, 0.1) is 17.3 Å². The Morgan fingerprint density at radius 2 is 2.28 bits per heavy atom. The molecule has 0 saturated carbocycles. The summed E-state index contributed by atoms with van der Waals surface area (Å²) in [6.45, 7) is 6.59. The van der Waals surface area contributed by atoms with Crippen molar-refractivity contribution < 1.29 is 14.1 Å². The summed E-state index contributed by atoms with van der Waals surface area (Å²) in [6, 6.07) is 1.54. The van der Waals surface area contributed by atoms with Gasteiger partial charge in [-0.25, -0.2) is 0 Å². The van der Waals surface area contributed by atoms with Gasteiger partial charge in [-0.05, 0) is 5.41 Å². The number of carbonyl (C=O) groups excluding carboxylic acids is 2. The van der Waals surface area contributed by atoms with Crippen LogP contribution in [-0.2, 0) is 9.59 Å². The van der Waals surface area contributed by atoms with E-state index in [9.17, 15) is 9.59 Å². The van der Waals surface area contributed by atoms with Crippen LogP contribution in [0.15, 0.2) is 16.9 Å². The standard InChI is InChI=1S/C12H17N3O3/c1-12(2,3)7-6-13-10(16)9(7)11(17)14-8-4-5-18-15-8/h4-5,7,9H,6H2,1-3H3,(H,13,16)(H,14,15,17)/t7-,9-/m1/s1. The van der Waals surface area contributed by atoms with Crippen LogP contribution in [0.1, 0.15) is 20.8 Å². The zero-order valence-corrected chi connectivity index (χ0v) is 10.7. The summed E-state index contributed by atoms with van der Waals surface area (Å²) in [5.74, 6) is -0.944. The average Bonchev–Trinajstić information content (AvgIpc) is 2.85. The van der Waals surface area contributed by atoms with Gasteiger partial charge in [-0.2, -0.15) is 0 Å². The van der Waals surface area contributed by atoms with Crippen molar-refractivity contribution in [2.45, 2.75) is 20.8 Å². The van der Waals surface area contributed by atoms with E-state index in [1.165, 1.54) is 12.3 Å². The molecular weight excluding hydrogens is 234 g/mol. The minimum atomic E-state index is -0.679. The van der Waals surface area contributed by atoms with Crippen molar-refractivity contribution >= 4 is 17.6 Å². The number of amides is 2. The number of hydrogen-bond donors (Lipinski definition) is 2. The number of carbonyl (C=O) groups is 2. The Morgan fingerprint density at radius 3 is 2.83 bits per heavy atom. The predicted molar refractivity (Wildman–Crippen MR) is 64.6 cm³/mol. The SMILES string of the molecule is CC(C)(C)[C@@H]1CNC(=O)[C@@H]1C(=O)Nc1ccon1. The molecule has 1 aromatic rings. The minimum absolute atomic E-state index is 0.0306. The summed E-state index contributed by atoms with van der Waals surface area (Å²) in [5, 5.41) is 8.94. The smallest absolute Gasteiger partial charge is 0.238 e. The molecule has 1 fully saturated rings. The average molecular weight is 251 g/mol. The third-order valence-corrected chi connectivity index (χ3v) is 3.26. The number of rotatable bonds is 2. The van der Waals surface area contributed by atoms with Crippen molar-refractivity contribution in [2.75, 3.05) is 11.9 Å². The highest BCUT2D eigenvalue weighted by Gasteiger charge is 2.45. The first-order chi connectivity index (χ1) is 8.39. The van der Waals surface area contributed by atoms with Gasteiger partial charge in [0.25, 0.3) is 0 Å². The van der Waals surface area contributed by atoms with Crippen molar-refractivity contribution in [3.8, 4) is 0 Å². The van der Waals surface area contributed by atoms with Crippen molar-refractivity contribution in [2.24, 2.45) is 17.3 Å². The molecule has 0 bridgehead atoms. The van der Waals surface area contributed by atoms with Crippen molar-refractivity contribution in [3.63, 3.8) is 0 Å². The van der Waals surface area contributed by atoms with E-state index in [1.807, 2.05) is 20.8 Å². The molecule has 98 valence electrons. The quantitative estimate of drug-likeness (QED) is 0.769. The molecule has 2 N–H and O–H groups in total. The molecule has 18 heavy (non-hydrogen) atoms. The third-order valence-electron chi connectivity index (χ3n) is 3.26. The normalized spacial score (nSPS) is 23.8. The van der Waals surface area contributed by atoms with E-state index >= 15 is 0 Å². The molecule has 0 unspecified atom stereocenters. The van der Waals surface area contributed by atoms with E-state index in [2.05, 4.69) is 20.3 Å². The summed E-state index contributed by atoms with van der Waals surface area (Å²) in [7, 11) is 0. The highest BCUT2D eigenvalue weighted by Crippen LogP contribution is 2.35. The molecule has 2 heterocycles. The van der Waals surface area contributed by atoms with Crippen molar-refractivity contribution in [1.29, 1.82) is 0 Å². The van der Waals surface area contributed by atoms with Crippen LogP contribution < -0.4 is 10.6 Å². The maximum absolute atomic E-state index is 12.1. The van der Waals surface area contributed by atoms with Crippen molar-refractivity contribution in [3.05, 3.63) is 12.3 Å². The first-order valence-corrected chi connectivity index (χ1v) is 5.88. The Morgan fingerprint density at radius 1 is 1.56 bits per heavy atom. The summed E-state index contributed by atoms with van der Waals surface area (Å²) >= 11 is 0. The second-order valence-electron chi connectivity index (χ2n) is 5.57. The fourth-order valence-electron chi connectivity index (χ4n) is 2.21. The van der Waals surface area contributed by atoms with Crippen LogP contribution in [0.4, 0.5) is 5.82 Å². The van der Waals surface area contributed by atoms with Gasteiger partial charge in [0, 0.05) is 18.5 Å². The van der Waals surface area contributed by atoms with Crippen LogP contribution in [0.3, 0.4) is 0 Å². The van der Waals surface area contributed by atoms with E-state index < -0.39 is 5.92 Å². The number of anilines is 1. The fourth-order valence-corrected chi connectivity index (χ4v) is 2.21. The molecule has 1 aliphatic heterocycles. The minimum Gasteiger partial charge on any atom is -0.363 e. The highest BCUT2D eigenvalue weighted by molar-refractivity contribution is 6.07. The van der Waals surface area contributed by atoms with E-state index in [0.29, 0.717) is 12.4 Å². The van der Waals surface area contributed by atoms with Gasteiger partial charge in [0.1, 0.15) is 12.2 Å². The Balaban J connectivity index is 2.14. The molecule has 0 aliphatic carbocycles. The first-order valence-electron chi connectivity index (χ1n) is 5.88. The summed E-state index contributed by atoms with van der Waals surface area (Å²) in [5.41, 5.74) is -0.120. The molecule has 1 aliphatic rings. The van der Waals surface area contributed by atoms with Crippen LogP contribution in [0.25, 0.3) is 0 Å². The molecule has 1 aromatic heterocycles. The lowest BCUT2D eigenvalue weighted by molar-refractivity contribution is -0.132. The van der Waals surface area contributed by atoms with Gasteiger partial charge in [-0.3, -0.25) is 9.59 Å². The van der Waals surface area contributed by atoms with Gasteiger partial charge < -0.3 is 15.2 Å². The van der Waals surface area contributed by atoms with Crippen LogP contribution in [0.5, 0.6) is 0 Å². The molecule has 1 saturated heterocycles. The van der Waals surface area contributed by atoms with Crippen LogP contribution >= 0.6 is 0 Å². The number of hydrogen-bond acceptors (Lipinski definition) is 4. The predicted octanol–water partition coefficient (Wildman–Crippen LogP) is 1.02. The third kappa shape index (κ3) is 2.37.